The fourth-order valence-electron chi connectivity index (χ4n) is 5.02. The number of carbonyl (C=O) groups excluding carboxylic acids is 2. The summed E-state index contributed by atoms with van der Waals surface area (Å²) in [5, 5.41) is 12.9. The number of nitrogens with one attached hydrogen (secondary N) is 1. The number of rotatable bonds is 5. The Balaban J connectivity index is 0.000000379. The van der Waals surface area contributed by atoms with Gasteiger partial charge in [0, 0.05) is 46.3 Å². The number of para-hydroxylation sites is 1. The number of esters is 1. The van der Waals surface area contributed by atoms with Gasteiger partial charge in [0.15, 0.2) is 5.78 Å². The highest BCUT2D eigenvalue weighted by molar-refractivity contribution is 6.30. The van der Waals surface area contributed by atoms with E-state index < -0.39 is 5.97 Å². The first-order chi connectivity index (χ1) is 18.8. The molecule has 1 aliphatic heterocycles. The quantitative estimate of drug-likeness (QED) is 0.403. The van der Waals surface area contributed by atoms with Crippen LogP contribution in [-0.4, -0.2) is 30.6 Å². The number of ketones is 1. The Labute approximate surface area is 234 Å². The Hall–Kier alpha value is -3.77. The molecule has 1 heterocycles. The number of ether oxygens (including phenoxy) is 2. The van der Waals surface area contributed by atoms with Crippen LogP contribution in [0.15, 0.2) is 93.8 Å². The van der Waals surface area contributed by atoms with Gasteiger partial charge in [-0.15, -0.1) is 0 Å². The van der Waals surface area contributed by atoms with E-state index in [2.05, 4.69) is 5.32 Å². The average Bonchev–Trinajstić information content (AvgIpc) is 2.92. The molecular weight excluding hydrogens is 514 g/mol. The van der Waals surface area contributed by atoms with Crippen molar-refractivity contribution >= 4 is 23.4 Å². The smallest absolute Gasteiger partial charge is 0.336 e. The van der Waals surface area contributed by atoms with Gasteiger partial charge in [-0.2, -0.15) is 0 Å². The topological polar surface area (TPSA) is 84.9 Å². The largest absolute Gasteiger partial charge is 0.508 e. The molecule has 0 amide bonds. The number of hydrogen-bond acceptors (Lipinski definition) is 6. The number of dihydropyridines is 1. The van der Waals surface area contributed by atoms with Crippen LogP contribution in [0.4, 0.5) is 0 Å². The summed E-state index contributed by atoms with van der Waals surface area (Å²) in [6.45, 7) is 3.94. The van der Waals surface area contributed by atoms with Gasteiger partial charge in [0.1, 0.15) is 18.1 Å². The zero-order valence-electron chi connectivity index (χ0n) is 22.6. The number of benzene rings is 2. The fraction of sp³-hybridized carbons (Fsp3) is 0.312. The summed E-state index contributed by atoms with van der Waals surface area (Å²) in [5.41, 5.74) is 5.75. The number of aryl methyl sites for hydroxylation is 1. The predicted molar refractivity (Wildman–Crippen MR) is 153 cm³/mol. The fourth-order valence-corrected chi connectivity index (χ4v) is 5.25. The Morgan fingerprint density at radius 3 is 2.62 bits per heavy atom. The third-order valence-electron chi connectivity index (χ3n) is 7.11. The first-order valence-corrected chi connectivity index (χ1v) is 13.5. The second-order valence-electron chi connectivity index (χ2n) is 9.92. The zero-order chi connectivity index (χ0) is 27.9. The van der Waals surface area contributed by atoms with Crippen LogP contribution in [0.2, 0.25) is 0 Å². The lowest BCUT2D eigenvalue weighted by Crippen LogP contribution is -2.31. The summed E-state index contributed by atoms with van der Waals surface area (Å²) in [7, 11) is 1.64. The summed E-state index contributed by atoms with van der Waals surface area (Å²) >= 11 is 6.23. The maximum absolute atomic E-state index is 13.0. The first-order valence-electron chi connectivity index (χ1n) is 13.1. The van der Waals surface area contributed by atoms with E-state index in [-0.39, 0.29) is 18.3 Å². The molecule has 0 aromatic heterocycles. The summed E-state index contributed by atoms with van der Waals surface area (Å²) in [5.74, 6) is 0.824. The molecule has 204 valence electrons. The SMILES string of the molecule is COc1ccccc1[C@H]1CC(=O)C2=C(C1)NC(C)=C(C(=O)OCC1=C(Cl)CCC=C1)C2.Cc1cccc(O)c1. The normalized spacial score (nSPS) is 18.7. The molecule has 0 spiro atoms. The number of hydrogen-bond donors (Lipinski definition) is 2. The van der Waals surface area contributed by atoms with Crippen molar-refractivity contribution in [3.63, 3.8) is 0 Å². The predicted octanol–water partition coefficient (Wildman–Crippen LogP) is 6.75. The van der Waals surface area contributed by atoms with E-state index in [1.165, 1.54) is 0 Å². The molecule has 0 bridgehead atoms. The van der Waals surface area contributed by atoms with Crippen molar-refractivity contribution in [2.24, 2.45) is 0 Å². The lowest BCUT2D eigenvalue weighted by atomic mass is 9.78. The third kappa shape index (κ3) is 7.01. The summed E-state index contributed by atoms with van der Waals surface area (Å²) in [4.78, 5) is 25.7. The van der Waals surface area contributed by atoms with Gasteiger partial charge >= 0.3 is 5.97 Å². The number of aromatic hydroxyl groups is 1. The van der Waals surface area contributed by atoms with Crippen LogP contribution >= 0.6 is 11.6 Å². The molecule has 3 aliphatic rings. The molecule has 0 fully saturated rings. The monoisotopic (exact) mass is 547 g/mol. The zero-order valence-corrected chi connectivity index (χ0v) is 23.3. The molecule has 2 N–H and O–H groups in total. The minimum absolute atomic E-state index is 0.0448. The Morgan fingerprint density at radius 2 is 1.92 bits per heavy atom. The van der Waals surface area contributed by atoms with E-state index in [1.807, 2.05) is 62.4 Å². The average molecular weight is 548 g/mol. The van der Waals surface area contributed by atoms with Crippen LogP contribution < -0.4 is 10.1 Å². The molecule has 0 radical (unpaired) electrons. The van der Waals surface area contributed by atoms with E-state index >= 15 is 0 Å². The maximum Gasteiger partial charge on any atom is 0.336 e. The van der Waals surface area contributed by atoms with Gasteiger partial charge in [0.05, 0.1) is 12.7 Å². The summed E-state index contributed by atoms with van der Waals surface area (Å²) in [6.07, 6.45) is 7.00. The number of phenols is 1. The lowest BCUT2D eigenvalue weighted by Gasteiger charge is -2.32. The van der Waals surface area contributed by atoms with Gasteiger partial charge < -0.3 is 19.9 Å². The highest BCUT2D eigenvalue weighted by Gasteiger charge is 2.34. The van der Waals surface area contributed by atoms with Crippen LogP contribution in [0.5, 0.6) is 11.5 Å². The van der Waals surface area contributed by atoms with Crippen molar-refractivity contribution < 1.29 is 24.2 Å². The van der Waals surface area contributed by atoms with Gasteiger partial charge in [-0.05, 0) is 62.4 Å². The number of Topliss-reactive ketones (excluding diaryl/α,β-unsaturated/α-hetero) is 1. The standard InChI is InChI=1S/C25H26ClNO4.C7H8O/c1-15-19(25(29)31-14-16-7-3-5-9-21(16)26)13-20-22(27-15)11-17(12-23(20)28)18-8-4-6-10-24(18)30-2;1-6-3-2-4-7(8)5-6/h3-4,6-8,10,17,27H,5,9,11-14H2,1-2H3;2-5,8H,1H3/t17-;/m1./s1. The van der Waals surface area contributed by atoms with Crippen molar-refractivity contribution in [2.45, 2.75) is 51.9 Å². The number of carbonyl (C=O) groups is 2. The second kappa shape index (κ2) is 12.9. The summed E-state index contributed by atoms with van der Waals surface area (Å²) in [6, 6.07) is 15.0. The Morgan fingerprint density at radius 1 is 1.13 bits per heavy atom. The Bertz CT molecular complexity index is 1370. The van der Waals surface area contributed by atoms with Crippen molar-refractivity contribution in [1.82, 2.24) is 5.32 Å². The number of halogens is 1. The van der Waals surface area contributed by atoms with E-state index in [9.17, 15) is 9.59 Å². The van der Waals surface area contributed by atoms with Crippen molar-refractivity contribution in [3.8, 4) is 11.5 Å². The van der Waals surface area contributed by atoms with Gasteiger partial charge in [0.2, 0.25) is 0 Å². The minimum Gasteiger partial charge on any atom is -0.508 e. The van der Waals surface area contributed by atoms with Crippen molar-refractivity contribution in [2.75, 3.05) is 13.7 Å². The first kappa shape index (κ1) is 28.2. The van der Waals surface area contributed by atoms with E-state index in [0.717, 1.165) is 51.7 Å². The molecule has 0 saturated heterocycles. The maximum atomic E-state index is 13.0. The highest BCUT2D eigenvalue weighted by atomic mass is 35.5. The molecule has 39 heavy (non-hydrogen) atoms. The molecule has 5 rings (SSSR count). The van der Waals surface area contributed by atoms with Crippen molar-refractivity contribution in [1.29, 1.82) is 0 Å². The summed E-state index contributed by atoms with van der Waals surface area (Å²) < 4.78 is 11.0. The molecule has 6 nitrogen and oxygen atoms in total. The molecule has 1 atom stereocenters. The van der Waals surface area contributed by atoms with Crippen LogP contribution in [0.25, 0.3) is 0 Å². The van der Waals surface area contributed by atoms with Crippen LogP contribution in [0.3, 0.4) is 0 Å². The van der Waals surface area contributed by atoms with E-state index in [4.69, 9.17) is 26.2 Å². The third-order valence-corrected chi connectivity index (χ3v) is 7.54. The molecule has 2 aliphatic carbocycles. The van der Waals surface area contributed by atoms with Gasteiger partial charge in [-0.25, -0.2) is 4.79 Å². The number of phenolic OH excluding ortho intramolecular Hbond substituents is 1. The van der Waals surface area contributed by atoms with Gasteiger partial charge in [0.25, 0.3) is 0 Å². The molecule has 2 aromatic carbocycles. The van der Waals surface area contributed by atoms with Crippen LogP contribution in [0, 0.1) is 6.92 Å². The molecule has 0 saturated carbocycles. The Kier molecular flexibility index (Phi) is 9.31. The number of methoxy groups -OCH3 is 1. The molecule has 0 unspecified atom stereocenters. The second-order valence-corrected chi connectivity index (χ2v) is 10.4. The van der Waals surface area contributed by atoms with Crippen LogP contribution in [-0.2, 0) is 14.3 Å². The van der Waals surface area contributed by atoms with Crippen LogP contribution in [0.1, 0.15) is 56.1 Å². The molecule has 2 aromatic rings. The van der Waals surface area contributed by atoms with Gasteiger partial charge in [-0.1, -0.05) is 54.1 Å². The number of allylic oxidation sites excluding steroid dienone is 5. The van der Waals surface area contributed by atoms with Crippen molar-refractivity contribution in [3.05, 3.63) is 105 Å². The van der Waals surface area contributed by atoms with E-state index in [0.29, 0.717) is 36.2 Å². The van der Waals surface area contributed by atoms with Gasteiger partial charge in [-0.3, -0.25) is 4.79 Å². The minimum atomic E-state index is -0.410. The molecule has 7 heteroatoms. The highest BCUT2D eigenvalue weighted by Crippen LogP contribution is 2.41. The molecular formula is C32H34ClNO5. The lowest BCUT2D eigenvalue weighted by molar-refractivity contribution is -0.138. The van der Waals surface area contributed by atoms with E-state index in [1.54, 1.807) is 19.2 Å².